The largest absolute Gasteiger partial charge is 0.276 e. The molecule has 0 amide bonds. The summed E-state index contributed by atoms with van der Waals surface area (Å²) in [5, 5.41) is 0.260. The van der Waals surface area contributed by atoms with Crippen molar-refractivity contribution < 1.29 is 4.79 Å². The van der Waals surface area contributed by atoms with Crippen LogP contribution in [0.5, 0.6) is 0 Å². The summed E-state index contributed by atoms with van der Waals surface area (Å²) in [5.41, 5.74) is 1.52. The lowest BCUT2D eigenvalue weighted by Crippen LogP contribution is -1.93. The fraction of sp³-hybridized carbons (Fsp3) is 0.125. The van der Waals surface area contributed by atoms with Gasteiger partial charge in [-0.1, -0.05) is 28.1 Å². The summed E-state index contributed by atoms with van der Waals surface area (Å²) in [4.78, 5) is 10.9. The fourth-order valence-corrected chi connectivity index (χ4v) is 2.53. The van der Waals surface area contributed by atoms with Gasteiger partial charge in [-0.05, 0) is 39.2 Å². The average molecular weight is 312 g/mol. The van der Waals surface area contributed by atoms with E-state index < -0.39 is 5.24 Å². The molecule has 0 saturated carbocycles. The van der Waals surface area contributed by atoms with Crippen molar-refractivity contribution in [2.24, 2.45) is 0 Å². The Labute approximate surface area is 92.4 Å². The molecule has 1 aromatic carbocycles. The molecule has 0 radical (unpaired) electrons. The smallest absolute Gasteiger partial charge is 0.253 e. The van der Waals surface area contributed by atoms with Crippen LogP contribution >= 0.6 is 43.5 Å². The van der Waals surface area contributed by atoms with Gasteiger partial charge in [-0.25, -0.2) is 0 Å². The third kappa shape index (κ3) is 2.09. The minimum absolute atomic E-state index is 0.440. The molecule has 0 fully saturated rings. The zero-order valence-corrected chi connectivity index (χ0v) is 9.91. The Bertz CT molecular complexity index is 312. The standard InChI is InChI=1S/C8H5Br2ClO/c9-4-5-2-1-3-6(7(5)10)8(11)12/h1-3H,4H2. The molecule has 0 aromatic heterocycles. The number of hydrogen-bond acceptors (Lipinski definition) is 1. The molecule has 0 aliphatic rings. The Balaban J connectivity index is 3.23. The maximum absolute atomic E-state index is 10.9. The molecular formula is C8H5Br2ClO. The highest BCUT2D eigenvalue weighted by atomic mass is 79.9. The maximum Gasteiger partial charge on any atom is 0.253 e. The topological polar surface area (TPSA) is 17.1 Å². The molecule has 4 heteroatoms. The van der Waals surface area contributed by atoms with E-state index in [-0.39, 0.29) is 0 Å². The molecular weight excluding hydrogens is 307 g/mol. The van der Waals surface area contributed by atoms with Crippen LogP contribution in [0.4, 0.5) is 0 Å². The molecule has 0 spiro atoms. The van der Waals surface area contributed by atoms with Gasteiger partial charge in [0.05, 0.1) is 0 Å². The van der Waals surface area contributed by atoms with Crippen LogP contribution in [0.3, 0.4) is 0 Å². The number of rotatable bonds is 2. The van der Waals surface area contributed by atoms with Gasteiger partial charge in [0.15, 0.2) is 0 Å². The van der Waals surface area contributed by atoms with E-state index >= 15 is 0 Å². The molecule has 0 N–H and O–H groups in total. The molecule has 0 heterocycles. The molecule has 0 aliphatic carbocycles. The van der Waals surface area contributed by atoms with Crippen molar-refractivity contribution in [2.75, 3.05) is 0 Å². The van der Waals surface area contributed by atoms with Crippen molar-refractivity contribution >= 4 is 48.7 Å². The fourth-order valence-electron chi connectivity index (χ4n) is 0.835. The first-order valence-corrected chi connectivity index (χ1v) is 5.49. The second-order valence-corrected chi connectivity index (χ2v) is 3.88. The van der Waals surface area contributed by atoms with Crippen LogP contribution in [0.1, 0.15) is 15.9 Å². The normalized spacial score (nSPS) is 9.92. The van der Waals surface area contributed by atoms with E-state index in [0.717, 1.165) is 10.0 Å². The SMILES string of the molecule is O=C(Cl)c1cccc(CBr)c1Br. The van der Waals surface area contributed by atoms with Crippen molar-refractivity contribution in [3.8, 4) is 0 Å². The summed E-state index contributed by atoms with van der Waals surface area (Å²) in [7, 11) is 0. The van der Waals surface area contributed by atoms with Gasteiger partial charge in [0.1, 0.15) is 0 Å². The minimum atomic E-state index is -0.440. The molecule has 0 bridgehead atoms. The monoisotopic (exact) mass is 310 g/mol. The molecule has 0 atom stereocenters. The second kappa shape index (κ2) is 4.40. The van der Waals surface area contributed by atoms with E-state index in [1.165, 1.54) is 0 Å². The lowest BCUT2D eigenvalue weighted by atomic mass is 10.2. The third-order valence-corrected chi connectivity index (χ3v) is 3.18. The van der Waals surface area contributed by atoms with E-state index in [2.05, 4.69) is 31.9 Å². The van der Waals surface area contributed by atoms with E-state index in [1.807, 2.05) is 6.07 Å². The van der Waals surface area contributed by atoms with E-state index in [0.29, 0.717) is 10.9 Å². The number of carbonyl (C=O) groups excluding carboxylic acids is 1. The number of hydrogen-bond donors (Lipinski definition) is 0. The van der Waals surface area contributed by atoms with Crippen LogP contribution < -0.4 is 0 Å². The van der Waals surface area contributed by atoms with Gasteiger partial charge in [0.2, 0.25) is 0 Å². The molecule has 0 saturated heterocycles. The molecule has 1 rings (SSSR count). The molecule has 1 nitrogen and oxygen atoms in total. The second-order valence-electron chi connectivity index (χ2n) is 2.19. The summed E-state index contributed by atoms with van der Waals surface area (Å²) >= 11 is 12.0. The van der Waals surface area contributed by atoms with Crippen molar-refractivity contribution in [1.29, 1.82) is 0 Å². The summed E-state index contributed by atoms with van der Waals surface area (Å²) < 4.78 is 0.766. The molecule has 1 aromatic rings. The van der Waals surface area contributed by atoms with Crippen LogP contribution in [0.15, 0.2) is 22.7 Å². The maximum atomic E-state index is 10.9. The Morgan fingerprint density at radius 3 is 2.67 bits per heavy atom. The first-order valence-electron chi connectivity index (χ1n) is 3.20. The van der Waals surface area contributed by atoms with E-state index in [4.69, 9.17) is 11.6 Å². The van der Waals surface area contributed by atoms with Crippen molar-refractivity contribution in [1.82, 2.24) is 0 Å². The molecule has 0 unspecified atom stereocenters. The van der Waals surface area contributed by atoms with E-state index in [1.54, 1.807) is 12.1 Å². The van der Waals surface area contributed by atoms with Crippen LogP contribution in [-0.4, -0.2) is 5.24 Å². The highest BCUT2D eigenvalue weighted by Crippen LogP contribution is 2.24. The first kappa shape index (κ1) is 10.2. The van der Waals surface area contributed by atoms with Gasteiger partial charge in [-0.15, -0.1) is 0 Å². The lowest BCUT2D eigenvalue weighted by Gasteiger charge is -2.02. The average Bonchev–Trinajstić information content (AvgIpc) is 2.04. The van der Waals surface area contributed by atoms with Gasteiger partial charge in [-0.3, -0.25) is 4.79 Å². The third-order valence-electron chi connectivity index (χ3n) is 1.43. The zero-order chi connectivity index (χ0) is 9.14. The Kier molecular flexibility index (Phi) is 3.75. The molecule has 12 heavy (non-hydrogen) atoms. The first-order chi connectivity index (χ1) is 5.66. The van der Waals surface area contributed by atoms with Gasteiger partial charge < -0.3 is 0 Å². The van der Waals surface area contributed by atoms with Gasteiger partial charge in [-0.2, -0.15) is 0 Å². The van der Waals surface area contributed by atoms with Crippen LogP contribution in [-0.2, 0) is 5.33 Å². The predicted molar refractivity (Wildman–Crippen MR) is 57.0 cm³/mol. The minimum Gasteiger partial charge on any atom is -0.276 e. The zero-order valence-electron chi connectivity index (χ0n) is 5.98. The van der Waals surface area contributed by atoms with Crippen LogP contribution in [0.2, 0.25) is 0 Å². The lowest BCUT2D eigenvalue weighted by molar-refractivity contribution is 0.108. The summed E-state index contributed by atoms with van der Waals surface area (Å²) in [5.74, 6) is 0. The van der Waals surface area contributed by atoms with Crippen LogP contribution in [0.25, 0.3) is 0 Å². The number of halogens is 3. The quantitative estimate of drug-likeness (QED) is 0.601. The summed E-state index contributed by atoms with van der Waals surface area (Å²) in [6.45, 7) is 0. The van der Waals surface area contributed by atoms with Gasteiger partial charge in [0.25, 0.3) is 5.24 Å². The van der Waals surface area contributed by atoms with Crippen molar-refractivity contribution in [2.45, 2.75) is 5.33 Å². The van der Waals surface area contributed by atoms with E-state index in [9.17, 15) is 4.79 Å². The number of carbonyl (C=O) groups is 1. The number of benzene rings is 1. The predicted octanol–water partition coefficient (Wildman–Crippen LogP) is 3.72. The Morgan fingerprint density at radius 2 is 2.17 bits per heavy atom. The molecule has 64 valence electrons. The number of alkyl halides is 1. The van der Waals surface area contributed by atoms with Gasteiger partial charge >= 0.3 is 0 Å². The van der Waals surface area contributed by atoms with Crippen molar-refractivity contribution in [3.05, 3.63) is 33.8 Å². The molecule has 0 aliphatic heterocycles. The van der Waals surface area contributed by atoms with Gasteiger partial charge in [0, 0.05) is 15.4 Å². The highest BCUT2D eigenvalue weighted by molar-refractivity contribution is 9.10. The Morgan fingerprint density at radius 1 is 1.50 bits per heavy atom. The van der Waals surface area contributed by atoms with Crippen LogP contribution in [0, 0.1) is 0 Å². The van der Waals surface area contributed by atoms with Crippen molar-refractivity contribution in [3.63, 3.8) is 0 Å². The highest BCUT2D eigenvalue weighted by Gasteiger charge is 2.09. The Hall–Kier alpha value is 0.140. The summed E-state index contributed by atoms with van der Waals surface area (Å²) in [6.07, 6.45) is 0. The summed E-state index contributed by atoms with van der Waals surface area (Å²) in [6, 6.07) is 5.41.